The van der Waals surface area contributed by atoms with Gasteiger partial charge in [0.1, 0.15) is 0 Å². The maximum Gasteiger partial charge on any atom is 0.303 e. The van der Waals surface area contributed by atoms with Crippen LogP contribution in [0.15, 0.2) is 18.5 Å². The van der Waals surface area contributed by atoms with Gasteiger partial charge in [-0.3, -0.25) is 14.6 Å². The Kier molecular flexibility index (Phi) is 4.90. The van der Waals surface area contributed by atoms with E-state index in [9.17, 15) is 9.59 Å². The van der Waals surface area contributed by atoms with Gasteiger partial charge in [-0.2, -0.15) is 0 Å². The Morgan fingerprint density at radius 1 is 1.59 bits per heavy atom. The van der Waals surface area contributed by atoms with Gasteiger partial charge in [-0.25, -0.2) is 0 Å². The molecule has 0 bridgehead atoms. The molecular weight excluding hydrogens is 244 g/mol. The third kappa shape index (κ3) is 4.40. The van der Waals surface area contributed by atoms with Crippen LogP contribution >= 0.6 is 11.6 Å². The number of aromatic nitrogens is 1. The average molecular weight is 257 g/mol. The molecule has 5 nitrogen and oxygen atoms in total. The molecule has 0 fully saturated rings. The second-order valence-corrected chi connectivity index (χ2v) is 4.18. The summed E-state index contributed by atoms with van der Waals surface area (Å²) in [4.78, 5) is 25.9. The lowest BCUT2D eigenvalue weighted by Gasteiger charge is -2.10. The number of pyridine rings is 1. The number of carboxylic acids is 1. The van der Waals surface area contributed by atoms with Gasteiger partial charge in [0, 0.05) is 25.4 Å². The van der Waals surface area contributed by atoms with Crippen LogP contribution in [0.25, 0.3) is 0 Å². The summed E-state index contributed by atoms with van der Waals surface area (Å²) in [6.45, 7) is 2.04. The van der Waals surface area contributed by atoms with E-state index in [0.29, 0.717) is 5.02 Å². The number of amides is 1. The molecule has 0 aliphatic carbocycles. The van der Waals surface area contributed by atoms with E-state index in [2.05, 4.69) is 10.3 Å². The van der Waals surface area contributed by atoms with E-state index in [1.165, 1.54) is 18.5 Å². The molecule has 0 aliphatic rings. The molecule has 2 N–H and O–H groups in total. The van der Waals surface area contributed by atoms with Crippen molar-refractivity contribution in [1.29, 1.82) is 0 Å². The number of carbonyl (C=O) groups excluding carboxylic acids is 1. The first kappa shape index (κ1) is 13.4. The van der Waals surface area contributed by atoms with Gasteiger partial charge in [0.15, 0.2) is 0 Å². The second-order valence-electron chi connectivity index (χ2n) is 3.77. The maximum atomic E-state index is 11.7. The lowest BCUT2D eigenvalue weighted by Crippen LogP contribution is -2.29. The van der Waals surface area contributed by atoms with Crippen molar-refractivity contribution in [2.45, 2.75) is 13.3 Å². The minimum atomic E-state index is -0.883. The summed E-state index contributed by atoms with van der Waals surface area (Å²) in [6, 6.07) is 1.52. The van der Waals surface area contributed by atoms with Gasteiger partial charge < -0.3 is 10.4 Å². The largest absolute Gasteiger partial charge is 0.481 e. The first-order chi connectivity index (χ1) is 8.00. The van der Waals surface area contributed by atoms with Crippen molar-refractivity contribution in [3.8, 4) is 0 Å². The Morgan fingerprint density at radius 3 is 2.88 bits per heavy atom. The zero-order valence-electron chi connectivity index (χ0n) is 9.31. The Bertz CT molecular complexity index is 423. The third-order valence-electron chi connectivity index (χ3n) is 2.15. The highest BCUT2D eigenvalue weighted by Gasteiger charge is 2.12. The molecular formula is C11H13ClN2O3. The van der Waals surface area contributed by atoms with Crippen LogP contribution < -0.4 is 5.32 Å². The SMILES string of the molecule is CC(CNC(=O)c1cnccc1Cl)CC(=O)O. The molecule has 1 aromatic heterocycles. The molecule has 0 aromatic carbocycles. The highest BCUT2D eigenvalue weighted by Crippen LogP contribution is 2.13. The predicted molar refractivity (Wildman–Crippen MR) is 63.0 cm³/mol. The molecule has 1 unspecified atom stereocenters. The smallest absolute Gasteiger partial charge is 0.303 e. The van der Waals surface area contributed by atoms with Gasteiger partial charge in [0.25, 0.3) is 5.91 Å². The van der Waals surface area contributed by atoms with Gasteiger partial charge in [0.05, 0.1) is 10.6 Å². The topological polar surface area (TPSA) is 79.3 Å². The number of carboxylic acid groups (broad SMARTS) is 1. The summed E-state index contributed by atoms with van der Waals surface area (Å²) >= 11 is 5.82. The van der Waals surface area contributed by atoms with E-state index in [4.69, 9.17) is 16.7 Å². The fraction of sp³-hybridized carbons (Fsp3) is 0.364. The van der Waals surface area contributed by atoms with E-state index in [1.807, 2.05) is 0 Å². The molecule has 1 amide bonds. The standard InChI is InChI=1S/C11H13ClN2O3/c1-7(4-10(15)16)5-14-11(17)8-6-13-3-2-9(8)12/h2-3,6-7H,4-5H2,1H3,(H,14,17)(H,15,16). The van der Waals surface area contributed by atoms with Crippen LogP contribution in [0.4, 0.5) is 0 Å². The Labute approximate surface area is 104 Å². The van der Waals surface area contributed by atoms with E-state index in [0.717, 1.165) is 0 Å². The van der Waals surface area contributed by atoms with Crippen LogP contribution in [0.5, 0.6) is 0 Å². The number of rotatable bonds is 5. The average Bonchev–Trinajstić information content (AvgIpc) is 2.25. The number of halogens is 1. The van der Waals surface area contributed by atoms with Crippen LogP contribution in [0.2, 0.25) is 5.02 Å². The van der Waals surface area contributed by atoms with Crippen LogP contribution in [-0.2, 0) is 4.79 Å². The van der Waals surface area contributed by atoms with Crippen molar-refractivity contribution in [3.05, 3.63) is 29.0 Å². The van der Waals surface area contributed by atoms with Crippen molar-refractivity contribution in [1.82, 2.24) is 10.3 Å². The monoisotopic (exact) mass is 256 g/mol. The molecule has 6 heteroatoms. The van der Waals surface area contributed by atoms with E-state index >= 15 is 0 Å². The minimum absolute atomic E-state index is 0.0149. The molecule has 0 aliphatic heterocycles. The molecule has 17 heavy (non-hydrogen) atoms. The molecule has 0 radical (unpaired) electrons. The van der Waals surface area contributed by atoms with E-state index < -0.39 is 5.97 Å². The van der Waals surface area contributed by atoms with E-state index in [-0.39, 0.29) is 30.4 Å². The lowest BCUT2D eigenvalue weighted by atomic mass is 10.1. The van der Waals surface area contributed by atoms with Crippen LogP contribution in [0.1, 0.15) is 23.7 Å². The summed E-state index contributed by atoms with van der Waals surface area (Å²) in [6.07, 6.45) is 2.88. The highest BCUT2D eigenvalue weighted by atomic mass is 35.5. The molecule has 1 aromatic rings. The number of carbonyl (C=O) groups is 2. The zero-order chi connectivity index (χ0) is 12.8. The zero-order valence-corrected chi connectivity index (χ0v) is 10.1. The lowest BCUT2D eigenvalue weighted by molar-refractivity contribution is -0.137. The minimum Gasteiger partial charge on any atom is -0.481 e. The molecule has 92 valence electrons. The Balaban J connectivity index is 2.51. The molecule has 0 saturated heterocycles. The molecule has 0 saturated carbocycles. The molecule has 1 rings (SSSR count). The summed E-state index contributed by atoms with van der Waals surface area (Å²) in [5.74, 6) is -1.36. The normalized spacial score (nSPS) is 11.9. The second kappa shape index (κ2) is 6.20. The number of aliphatic carboxylic acids is 1. The Morgan fingerprint density at radius 2 is 2.29 bits per heavy atom. The summed E-state index contributed by atoms with van der Waals surface area (Å²) < 4.78 is 0. The van der Waals surface area contributed by atoms with Crippen molar-refractivity contribution in [2.24, 2.45) is 5.92 Å². The summed E-state index contributed by atoms with van der Waals surface area (Å²) in [5.41, 5.74) is 0.289. The highest BCUT2D eigenvalue weighted by molar-refractivity contribution is 6.33. The van der Waals surface area contributed by atoms with Gasteiger partial charge in [-0.1, -0.05) is 18.5 Å². The molecule has 1 heterocycles. The van der Waals surface area contributed by atoms with E-state index in [1.54, 1.807) is 6.92 Å². The van der Waals surface area contributed by atoms with Gasteiger partial charge in [0.2, 0.25) is 0 Å². The number of hydrogen-bond acceptors (Lipinski definition) is 3. The first-order valence-corrected chi connectivity index (χ1v) is 5.48. The summed E-state index contributed by atoms with van der Waals surface area (Å²) in [7, 11) is 0. The molecule has 1 atom stereocenters. The molecule has 0 spiro atoms. The summed E-state index contributed by atoms with van der Waals surface area (Å²) in [5, 5.41) is 11.5. The van der Waals surface area contributed by atoms with Crippen molar-refractivity contribution in [2.75, 3.05) is 6.54 Å². The van der Waals surface area contributed by atoms with Gasteiger partial charge in [-0.15, -0.1) is 0 Å². The van der Waals surface area contributed by atoms with Crippen molar-refractivity contribution in [3.63, 3.8) is 0 Å². The predicted octanol–water partition coefficient (Wildman–Crippen LogP) is 1.58. The first-order valence-electron chi connectivity index (χ1n) is 5.10. The Hall–Kier alpha value is -1.62. The fourth-order valence-corrected chi connectivity index (χ4v) is 1.47. The van der Waals surface area contributed by atoms with Crippen LogP contribution in [0.3, 0.4) is 0 Å². The number of hydrogen-bond donors (Lipinski definition) is 2. The number of nitrogens with zero attached hydrogens (tertiary/aromatic N) is 1. The van der Waals surface area contributed by atoms with Gasteiger partial charge in [-0.05, 0) is 12.0 Å². The maximum absolute atomic E-state index is 11.7. The van der Waals surface area contributed by atoms with Crippen LogP contribution in [-0.4, -0.2) is 28.5 Å². The fourth-order valence-electron chi connectivity index (χ4n) is 1.28. The van der Waals surface area contributed by atoms with Crippen LogP contribution in [0, 0.1) is 5.92 Å². The number of nitrogens with one attached hydrogen (secondary N) is 1. The van der Waals surface area contributed by atoms with Crippen molar-refractivity contribution < 1.29 is 14.7 Å². The van der Waals surface area contributed by atoms with Crippen molar-refractivity contribution >= 4 is 23.5 Å². The third-order valence-corrected chi connectivity index (χ3v) is 2.48. The quantitative estimate of drug-likeness (QED) is 0.838. The van der Waals surface area contributed by atoms with Gasteiger partial charge >= 0.3 is 5.97 Å².